The summed E-state index contributed by atoms with van der Waals surface area (Å²) in [4.78, 5) is 4.00. The number of benzene rings is 1. The molecule has 0 atom stereocenters. The third kappa shape index (κ3) is 1.25. The van der Waals surface area contributed by atoms with Crippen LogP contribution >= 0.6 is 11.3 Å². The van der Waals surface area contributed by atoms with Crippen LogP contribution in [0.2, 0.25) is 0 Å². The Bertz CT molecular complexity index is 822. The van der Waals surface area contributed by atoms with Crippen LogP contribution in [-0.2, 0) is 0 Å². The zero-order valence-electron chi connectivity index (χ0n) is 9.16. The predicted octanol–water partition coefficient (Wildman–Crippen LogP) is 1.92. The Morgan fingerprint density at radius 1 is 1.22 bits per heavy atom. The minimum absolute atomic E-state index is 0.484. The molecule has 4 aromatic rings. The van der Waals surface area contributed by atoms with Crippen LogP contribution < -0.4 is 5.73 Å². The van der Waals surface area contributed by atoms with Gasteiger partial charge in [0.1, 0.15) is 0 Å². The van der Waals surface area contributed by atoms with Crippen molar-refractivity contribution >= 4 is 32.3 Å². The van der Waals surface area contributed by atoms with Crippen molar-refractivity contribution in [3.05, 3.63) is 30.3 Å². The molecule has 0 bridgehead atoms. The molecule has 18 heavy (non-hydrogen) atoms. The summed E-state index contributed by atoms with van der Waals surface area (Å²) in [5, 5.41) is 14.0. The zero-order chi connectivity index (χ0) is 12.1. The lowest BCUT2D eigenvalue weighted by molar-refractivity contribution is 0.967. The first-order valence-electron chi connectivity index (χ1n) is 5.37. The molecule has 6 nitrogen and oxygen atoms in total. The van der Waals surface area contributed by atoms with Gasteiger partial charge in [-0.05, 0) is 12.1 Å². The lowest BCUT2D eigenvalue weighted by Crippen LogP contribution is -1.92. The lowest BCUT2D eigenvalue weighted by atomic mass is 10.2. The fraction of sp³-hybridized carbons (Fsp3) is 0. The van der Waals surface area contributed by atoms with E-state index in [1.54, 1.807) is 4.52 Å². The van der Waals surface area contributed by atoms with Crippen molar-refractivity contribution < 1.29 is 0 Å². The number of nitrogens with one attached hydrogen (secondary N) is 1. The summed E-state index contributed by atoms with van der Waals surface area (Å²) in [7, 11) is 0. The number of aromatic nitrogens is 5. The molecule has 88 valence electrons. The number of aromatic amines is 1. The van der Waals surface area contributed by atoms with E-state index in [1.807, 2.05) is 30.3 Å². The van der Waals surface area contributed by atoms with E-state index in [0.29, 0.717) is 15.9 Å². The maximum Gasteiger partial charge on any atom is 0.236 e. The Kier molecular flexibility index (Phi) is 1.76. The molecule has 0 saturated heterocycles. The van der Waals surface area contributed by atoms with Gasteiger partial charge in [0, 0.05) is 10.9 Å². The lowest BCUT2D eigenvalue weighted by Gasteiger charge is -1.90. The highest BCUT2D eigenvalue weighted by molar-refractivity contribution is 7.20. The Hall–Kier alpha value is -2.41. The minimum atomic E-state index is 0.484. The van der Waals surface area contributed by atoms with Gasteiger partial charge >= 0.3 is 0 Å². The highest BCUT2D eigenvalue weighted by atomic mass is 32.1. The maximum atomic E-state index is 5.67. The monoisotopic (exact) mass is 256 g/mol. The second-order valence-electron chi connectivity index (χ2n) is 3.93. The van der Waals surface area contributed by atoms with Crippen LogP contribution in [0.4, 0.5) is 5.13 Å². The Morgan fingerprint density at radius 2 is 2.11 bits per heavy atom. The summed E-state index contributed by atoms with van der Waals surface area (Å²) in [6.07, 6.45) is 0. The van der Waals surface area contributed by atoms with Crippen molar-refractivity contribution in [2.75, 3.05) is 5.73 Å². The first-order valence-corrected chi connectivity index (χ1v) is 6.19. The fourth-order valence-electron chi connectivity index (χ4n) is 1.99. The number of nitrogen functional groups attached to an aromatic ring is 1. The number of nitrogens with zero attached hydrogens (tertiary/aromatic N) is 4. The van der Waals surface area contributed by atoms with Gasteiger partial charge in [0.25, 0.3) is 0 Å². The number of rotatable bonds is 1. The van der Waals surface area contributed by atoms with Crippen LogP contribution in [0, 0.1) is 0 Å². The number of hydrogen-bond acceptors (Lipinski definition) is 5. The average Bonchev–Trinajstić information content (AvgIpc) is 3.00. The van der Waals surface area contributed by atoms with E-state index in [9.17, 15) is 0 Å². The number of anilines is 1. The van der Waals surface area contributed by atoms with E-state index in [0.717, 1.165) is 16.6 Å². The van der Waals surface area contributed by atoms with E-state index < -0.39 is 0 Å². The van der Waals surface area contributed by atoms with E-state index in [2.05, 4.69) is 20.3 Å². The van der Waals surface area contributed by atoms with Crippen molar-refractivity contribution in [3.63, 3.8) is 0 Å². The van der Waals surface area contributed by atoms with Gasteiger partial charge in [-0.15, -0.1) is 15.3 Å². The Labute approximate surface area is 105 Å². The average molecular weight is 256 g/mol. The van der Waals surface area contributed by atoms with E-state index in [4.69, 9.17) is 5.73 Å². The molecule has 3 N–H and O–H groups in total. The topological polar surface area (TPSA) is 84.9 Å². The van der Waals surface area contributed by atoms with Crippen molar-refractivity contribution in [1.82, 2.24) is 24.8 Å². The van der Waals surface area contributed by atoms with Crippen LogP contribution in [0.15, 0.2) is 30.3 Å². The molecule has 3 aromatic heterocycles. The third-order valence-electron chi connectivity index (χ3n) is 2.78. The molecule has 0 aliphatic rings. The number of fused-ring (bicyclic) bond motifs is 2. The highest BCUT2D eigenvalue weighted by Crippen LogP contribution is 2.25. The van der Waals surface area contributed by atoms with Crippen LogP contribution in [0.5, 0.6) is 0 Å². The SMILES string of the molecule is Nc1nn2c(-c3cc4ccccc4[nH]3)nnc2s1. The Morgan fingerprint density at radius 3 is 3.00 bits per heavy atom. The van der Waals surface area contributed by atoms with Crippen LogP contribution in [0.1, 0.15) is 0 Å². The fourth-order valence-corrected chi connectivity index (χ4v) is 2.60. The summed E-state index contributed by atoms with van der Waals surface area (Å²) in [6.45, 7) is 0. The van der Waals surface area contributed by atoms with Crippen molar-refractivity contribution in [3.8, 4) is 11.5 Å². The number of nitrogens with two attached hydrogens (primary N) is 1. The summed E-state index contributed by atoms with van der Waals surface area (Å²) in [6, 6.07) is 10.1. The van der Waals surface area contributed by atoms with Gasteiger partial charge in [0.15, 0.2) is 0 Å². The molecule has 0 radical (unpaired) electrons. The normalized spacial score (nSPS) is 11.6. The van der Waals surface area contributed by atoms with Gasteiger partial charge in [-0.25, -0.2) is 0 Å². The predicted molar refractivity (Wildman–Crippen MR) is 70.4 cm³/mol. The third-order valence-corrected chi connectivity index (χ3v) is 3.51. The Balaban J connectivity index is 2.00. The number of H-pyrrole nitrogens is 1. The quantitative estimate of drug-likeness (QED) is 0.545. The molecule has 0 aliphatic heterocycles. The van der Waals surface area contributed by atoms with Gasteiger partial charge in [0.2, 0.25) is 15.9 Å². The maximum absolute atomic E-state index is 5.67. The largest absolute Gasteiger partial charge is 0.374 e. The first kappa shape index (κ1) is 9.60. The summed E-state index contributed by atoms with van der Waals surface area (Å²) >= 11 is 1.32. The summed E-state index contributed by atoms with van der Waals surface area (Å²) < 4.78 is 1.66. The second kappa shape index (κ2) is 3.30. The molecule has 7 heteroatoms. The molecular formula is C11H8N6S. The number of para-hydroxylation sites is 1. The molecular weight excluding hydrogens is 248 g/mol. The smallest absolute Gasteiger partial charge is 0.236 e. The van der Waals surface area contributed by atoms with Crippen molar-refractivity contribution in [2.24, 2.45) is 0 Å². The van der Waals surface area contributed by atoms with E-state index >= 15 is 0 Å². The van der Waals surface area contributed by atoms with Gasteiger partial charge in [-0.3, -0.25) is 0 Å². The summed E-state index contributed by atoms with van der Waals surface area (Å²) in [5.41, 5.74) is 7.61. The van der Waals surface area contributed by atoms with Gasteiger partial charge < -0.3 is 10.7 Å². The molecule has 0 spiro atoms. The van der Waals surface area contributed by atoms with Gasteiger partial charge in [-0.2, -0.15) is 4.52 Å². The molecule has 0 fully saturated rings. The van der Waals surface area contributed by atoms with Gasteiger partial charge in [-0.1, -0.05) is 29.5 Å². The van der Waals surface area contributed by atoms with Crippen molar-refractivity contribution in [1.29, 1.82) is 0 Å². The first-order chi connectivity index (χ1) is 8.81. The van der Waals surface area contributed by atoms with Crippen LogP contribution in [-0.4, -0.2) is 24.8 Å². The van der Waals surface area contributed by atoms with Crippen molar-refractivity contribution in [2.45, 2.75) is 0 Å². The molecule has 0 aliphatic carbocycles. The highest BCUT2D eigenvalue weighted by Gasteiger charge is 2.13. The molecule has 4 rings (SSSR count). The second-order valence-corrected chi connectivity index (χ2v) is 4.92. The zero-order valence-corrected chi connectivity index (χ0v) is 9.98. The van der Waals surface area contributed by atoms with E-state index in [-0.39, 0.29) is 0 Å². The number of hydrogen-bond donors (Lipinski definition) is 2. The van der Waals surface area contributed by atoms with E-state index in [1.165, 1.54) is 11.3 Å². The minimum Gasteiger partial charge on any atom is -0.374 e. The van der Waals surface area contributed by atoms with Crippen LogP contribution in [0.3, 0.4) is 0 Å². The van der Waals surface area contributed by atoms with Crippen LogP contribution in [0.25, 0.3) is 27.4 Å². The van der Waals surface area contributed by atoms with Gasteiger partial charge in [0.05, 0.1) is 5.69 Å². The molecule has 0 unspecified atom stereocenters. The molecule has 1 aromatic carbocycles. The molecule has 3 heterocycles. The molecule has 0 saturated carbocycles. The summed E-state index contributed by atoms with van der Waals surface area (Å²) in [5.74, 6) is 0.675. The standard InChI is InChI=1S/C11H8N6S/c12-10-16-17-9(14-15-11(17)18-10)8-5-6-3-1-2-4-7(6)13-8/h1-5,13H,(H2,12,16). The molecule has 0 amide bonds.